The number of hydrogen-bond acceptors (Lipinski definition) is 4. The summed E-state index contributed by atoms with van der Waals surface area (Å²) in [6.07, 6.45) is 0.733. The van der Waals surface area contributed by atoms with Crippen LogP contribution in [0.25, 0.3) is 11.0 Å². The highest BCUT2D eigenvalue weighted by molar-refractivity contribution is 7.99. The Morgan fingerprint density at radius 3 is 2.79 bits per heavy atom. The third-order valence-corrected chi connectivity index (χ3v) is 5.59. The summed E-state index contributed by atoms with van der Waals surface area (Å²) in [5, 5.41) is 3.06. The number of amides is 1. The number of rotatable bonds is 7. The van der Waals surface area contributed by atoms with Gasteiger partial charge in [-0.3, -0.25) is 14.2 Å². The molecule has 0 aliphatic carbocycles. The summed E-state index contributed by atoms with van der Waals surface area (Å²) in [5.41, 5.74) is 1.87. The highest BCUT2D eigenvalue weighted by atomic mass is 32.2. The lowest BCUT2D eigenvalue weighted by atomic mass is 10.2. The van der Waals surface area contributed by atoms with Crippen molar-refractivity contribution in [2.75, 3.05) is 5.75 Å². The van der Waals surface area contributed by atoms with E-state index in [1.54, 1.807) is 10.6 Å². The minimum Gasteiger partial charge on any atom is -0.353 e. The molecule has 2 heterocycles. The van der Waals surface area contributed by atoms with Gasteiger partial charge in [0.05, 0.1) is 11.3 Å². The Morgan fingerprint density at radius 1 is 1.34 bits per heavy atom. The molecule has 29 heavy (non-hydrogen) atoms. The molecular formula is C20H22F2N4O2S. The number of hydrogen-bond donors (Lipinski definition) is 2. The van der Waals surface area contributed by atoms with Gasteiger partial charge in [-0.15, -0.1) is 0 Å². The minimum atomic E-state index is -0.710. The van der Waals surface area contributed by atoms with E-state index in [4.69, 9.17) is 0 Å². The topological polar surface area (TPSA) is 79.8 Å². The molecule has 1 aromatic carbocycles. The van der Waals surface area contributed by atoms with Gasteiger partial charge in [-0.25, -0.2) is 13.8 Å². The maximum atomic E-state index is 13.7. The van der Waals surface area contributed by atoms with Crippen molar-refractivity contribution < 1.29 is 13.6 Å². The number of nitrogens with zero attached hydrogens (tertiary/aromatic N) is 2. The number of aromatic nitrogens is 3. The van der Waals surface area contributed by atoms with Crippen molar-refractivity contribution in [2.24, 2.45) is 0 Å². The van der Waals surface area contributed by atoms with Crippen molar-refractivity contribution in [1.29, 1.82) is 0 Å². The molecule has 0 saturated carbocycles. The molecule has 0 bridgehead atoms. The van der Waals surface area contributed by atoms with Crippen LogP contribution in [-0.4, -0.2) is 26.2 Å². The van der Waals surface area contributed by atoms with Gasteiger partial charge in [0.1, 0.15) is 17.2 Å². The number of carbonyl (C=O) groups excluding carboxylic acids is 1. The molecule has 1 atom stereocenters. The highest BCUT2D eigenvalue weighted by Gasteiger charge is 2.18. The lowest BCUT2D eigenvalue weighted by Gasteiger charge is -2.17. The van der Waals surface area contributed by atoms with Gasteiger partial charge < -0.3 is 10.3 Å². The number of aromatic amines is 1. The van der Waals surface area contributed by atoms with E-state index in [9.17, 15) is 18.4 Å². The first kappa shape index (κ1) is 21.0. The van der Waals surface area contributed by atoms with Crippen molar-refractivity contribution in [3.05, 3.63) is 57.5 Å². The Kier molecular flexibility index (Phi) is 6.36. The van der Waals surface area contributed by atoms with Gasteiger partial charge in [-0.05, 0) is 32.4 Å². The Labute approximate surface area is 170 Å². The molecule has 0 saturated heterocycles. The Bertz CT molecular complexity index is 1110. The molecule has 0 radical (unpaired) electrons. The van der Waals surface area contributed by atoms with Gasteiger partial charge >= 0.3 is 0 Å². The standard InChI is InChI=1S/C20H22F2N4O2S/c1-4-12(3)26-19(28)18-16(7-11(2)24-18)25-20(26)29-10-17(27)23-9-13-5-6-14(21)8-15(13)22/h5-8,12,24H,4,9-10H2,1-3H3,(H,23,27)/t12-/m1/s1. The van der Waals surface area contributed by atoms with E-state index < -0.39 is 11.6 Å². The van der Waals surface area contributed by atoms with Crippen molar-refractivity contribution >= 4 is 28.7 Å². The van der Waals surface area contributed by atoms with Gasteiger partial charge in [0.25, 0.3) is 5.56 Å². The van der Waals surface area contributed by atoms with Crippen LogP contribution in [0.1, 0.15) is 37.6 Å². The zero-order chi connectivity index (χ0) is 21.1. The van der Waals surface area contributed by atoms with Crippen LogP contribution >= 0.6 is 11.8 Å². The quantitative estimate of drug-likeness (QED) is 0.451. The second-order valence-corrected chi connectivity index (χ2v) is 7.78. The van der Waals surface area contributed by atoms with Crippen LogP contribution < -0.4 is 10.9 Å². The molecule has 6 nitrogen and oxygen atoms in total. The lowest BCUT2D eigenvalue weighted by Crippen LogP contribution is -2.28. The number of halogens is 2. The number of benzene rings is 1. The number of nitrogens with one attached hydrogen (secondary N) is 2. The molecule has 0 fully saturated rings. The van der Waals surface area contributed by atoms with Crippen LogP contribution in [-0.2, 0) is 11.3 Å². The molecule has 0 aliphatic heterocycles. The fraction of sp³-hybridized carbons (Fsp3) is 0.350. The molecule has 3 aromatic rings. The van der Waals surface area contributed by atoms with Crippen LogP contribution in [0.4, 0.5) is 8.78 Å². The maximum absolute atomic E-state index is 13.7. The van der Waals surface area contributed by atoms with E-state index in [0.29, 0.717) is 16.2 Å². The first-order valence-corrected chi connectivity index (χ1v) is 10.2. The van der Waals surface area contributed by atoms with Gasteiger partial charge in [0, 0.05) is 29.9 Å². The van der Waals surface area contributed by atoms with Gasteiger partial charge in [-0.1, -0.05) is 24.8 Å². The monoisotopic (exact) mass is 420 g/mol. The third kappa shape index (κ3) is 4.67. The number of carbonyl (C=O) groups is 1. The van der Waals surface area contributed by atoms with E-state index in [1.807, 2.05) is 20.8 Å². The average molecular weight is 420 g/mol. The first-order valence-electron chi connectivity index (χ1n) is 9.25. The zero-order valence-electron chi connectivity index (χ0n) is 16.4. The molecule has 1 amide bonds. The van der Waals surface area contributed by atoms with Gasteiger partial charge in [0.2, 0.25) is 5.91 Å². The summed E-state index contributed by atoms with van der Waals surface area (Å²) in [5.74, 6) is -1.70. The summed E-state index contributed by atoms with van der Waals surface area (Å²) >= 11 is 1.15. The van der Waals surface area contributed by atoms with Crippen molar-refractivity contribution in [1.82, 2.24) is 19.9 Å². The van der Waals surface area contributed by atoms with Crippen molar-refractivity contribution in [3.8, 4) is 0 Å². The van der Waals surface area contributed by atoms with E-state index >= 15 is 0 Å². The highest BCUT2D eigenvalue weighted by Crippen LogP contribution is 2.22. The average Bonchev–Trinajstić information content (AvgIpc) is 3.05. The van der Waals surface area contributed by atoms with Gasteiger partial charge in [0.15, 0.2) is 5.16 Å². The lowest BCUT2D eigenvalue weighted by molar-refractivity contribution is -0.118. The SMILES string of the molecule is CC[C@@H](C)n1c(SCC(=O)NCc2ccc(F)cc2F)nc2cc(C)[nH]c2c1=O. The van der Waals surface area contributed by atoms with Gasteiger partial charge in [-0.2, -0.15) is 0 Å². The van der Waals surface area contributed by atoms with Crippen LogP contribution in [0.2, 0.25) is 0 Å². The molecule has 3 rings (SSSR count). The Balaban J connectivity index is 1.75. The fourth-order valence-corrected chi connectivity index (χ4v) is 3.83. The summed E-state index contributed by atoms with van der Waals surface area (Å²) < 4.78 is 28.2. The molecule has 154 valence electrons. The minimum absolute atomic E-state index is 0.0145. The normalized spacial score (nSPS) is 12.3. The second kappa shape index (κ2) is 8.77. The number of thioether (sulfide) groups is 1. The fourth-order valence-electron chi connectivity index (χ4n) is 2.90. The smallest absolute Gasteiger partial charge is 0.278 e. The summed E-state index contributed by atoms with van der Waals surface area (Å²) in [7, 11) is 0. The number of aryl methyl sites for hydroxylation is 1. The Hall–Kier alpha value is -2.68. The number of H-pyrrole nitrogens is 1. The van der Waals surface area contributed by atoms with E-state index in [2.05, 4.69) is 15.3 Å². The van der Waals surface area contributed by atoms with Crippen molar-refractivity contribution in [3.63, 3.8) is 0 Å². The summed E-state index contributed by atoms with van der Waals surface area (Å²) in [6.45, 7) is 5.70. The number of fused-ring (bicyclic) bond motifs is 1. The van der Waals surface area contributed by atoms with Crippen LogP contribution in [0.3, 0.4) is 0 Å². The molecule has 0 unspecified atom stereocenters. The van der Waals surface area contributed by atoms with E-state index in [0.717, 1.165) is 36.0 Å². The molecular weight excluding hydrogens is 398 g/mol. The zero-order valence-corrected chi connectivity index (χ0v) is 17.2. The van der Waals surface area contributed by atoms with Crippen molar-refractivity contribution in [2.45, 2.75) is 44.9 Å². The molecule has 0 aliphatic rings. The van der Waals surface area contributed by atoms with Crippen LogP contribution in [0.15, 0.2) is 34.2 Å². The third-order valence-electron chi connectivity index (χ3n) is 4.64. The largest absolute Gasteiger partial charge is 0.353 e. The summed E-state index contributed by atoms with van der Waals surface area (Å²) in [4.78, 5) is 32.7. The van der Waals surface area contributed by atoms with Crippen LogP contribution in [0.5, 0.6) is 0 Å². The maximum Gasteiger partial charge on any atom is 0.278 e. The Morgan fingerprint density at radius 2 is 2.10 bits per heavy atom. The predicted octanol–water partition coefficient (Wildman–Crippen LogP) is 3.69. The predicted molar refractivity (Wildman–Crippen MR) is 109 cm³/mol. The molecule has 0 spiro atoms. The van der Waals surface area contributed by atoms with E-state index in [1.165, 1.54) is 6.07 Å². The summed E-state index contributed by atoms with van der Waals surface area (Å²) in [6, 6.07) is 4.92. The molecule has 2 aromatic heterocycles. The second-order valence-electron chi connectivity index (χ2n) is 6.84. The van der Waals surface area contributed by atoms with E-state index in [-0.39, 0.29) is 35.4 Å². The van der Waals surface area contributed by atoms with Crippen LogP contribution in [0, 0.1) is 18.6 Å². The molecule has 2 N–H and O–H groups in total. The molecule has 9 heteroatoms. The first-order chi connectivity index (χ1) is 13.8.